The predicted octanol–water partition coefficient (Wildman–Crippen LogP) is 3.37. The number of hydrogen-bond donors (Lipinski definition) is 1. The summed E-state index contributed by atoms with van der Waals surface area (Å²) in [5.41, 5.74) is 2.53. The topological polar surface area (TPSA) is 39.1 Å². The normalized spacial score (nSPS) is 16.8. The monoisotopic (exact) mass is 293 g/mol. The molecule has 21 heavy (non-hydrogen) atoms. The Morgan fingerprint density at radius 3 is 2.81 bits per heavy atom. The van der Waals surface area contributed by atoms with Crippen molar-refractivity contribution in [1.29, 1.82) is 0 Å². The van der Waals surface area contributed by atoms with Crippen LogP contribution in [0.2, 0.25) is 0 Å². The Morgan fingerprint density at radius 2 is 2.10 bits per heavy atom. The highest BCUT2D eigenvalue weighted by Crippen LogP contribution is 2.20. The molecule has 1 aliphatic rings. The summed E-state index contributed by atoms with van der Waals surface area (Å²) < 4.78 is 7.86. The van der Waals surface area contributed by atoms with E-state index in [0.29, 0.717) is 12.0 Å². The first-order valence-electron chi connectivity index (χ1n) is 8.51. The van der Waals surface area contributed by atoms with E-state index in [9.17, 15) is 0 Å². The minimum atomic E-state index is 0.484. The van der Waals surface area contributed by atoms with E-state index in [1.807, 2.05) is 11.7 Å². The summed E-state index contributed by atoms with van der Waals surface area (Å²) in [6.07, 6.45) is 10.4. The highest BCUT2D eigenvalue weighted by Gasteiger charge is 2.13. The second-order valence-electron chi connectivity index (χ2n) is 6.53. The van der Waals surface area contributed by atoms with Crippen LogP contribution in [0.4, 0.5) is 0 Å². The van der Waals surface area contributed by atoms with Crippen LogP contribution < -0.4 is 5.32 Å². The lowest BCUT2D eigenvalue weighted by Gasteiger charge is -2.21. The standard InChI is InChI=1S/C17H31N3O/c1-14(2)17-15(13-20(3)19-17)12-18-10-7-11-21-16-8-5-4-6-9-16/h13-14,16,18H,4-12H2,1-3H3. The van der Waals surface area contributed by atoms with Gasteiger partial charge in [0, 0.05) is 32.0 Å². The van der Waals surface area contributed by atoms with E-state index in [4.69, 9.17) is 4.74 Å². The molecule has 1 aromatic heterocycles. The third-order valence-corrected chi connectivity index (χ3v) is 4.20. The average Bonchev–Trinajstić information content (AvgIpc) is 2.85. The maximum absolute atomic E-state index is 5.94. The second-order valence-corrected chi connectivity index (χ2v) is 6.53. The van der Waals surface area contributed by atoms with Gasteiger partial charge in [0.1, 0.15) is 0 Å². The maximum Gasteiger partial charge on any atom is 0.0694 e. The molecule has 0 saturated heterocycles. The number of aryl methyl sites for hydroxylation is 1. The van der Waals surface area contributed by atoms with Gasteiger partial charge in [0.05, 0.1) is 11.8 Å². The molecule has 1 fully saturated rings. The number of hydrogen-bond acceptors (Lipinski definition) is 3. The molecule has 0 unspecified atom stereocenters. The van der Waals surface area contributed by atoms with Gasteiger partial charge in [-0.25, -0.2) is 0 Å². The van der Waals surface area contributed by atoms with E-state index < -0.39 is 0 Å². The molecule has 1 aliphatic carbocycles. The van der Waals surface area contributed by atoms with Gasteiger partial charge in [-0.3, -0.25) is 4.68 Å². The molecule has 120 valence electrons. The molecular weight excluding hydrogens is 262 g/mol. The zero-order valence-electron chi connectivity index (χ0n) is 13.9. The molecule has 1 saturated carbocycles. The Hall–Kier alpha value is -0.870. The number of nitrogens with zero attached hydrogens (tertiary/aromatic N) is 2. The van der Waals surface area contributed by atoms with Crippen LogP contribution in [0.3, 0.4) is 0 Å². The van der Waals surface area contributed by atoms with Crippen molar-refractivity contribution in [2.24, 2.45) is 7.05 Å². The van der Waals surface area contributed by atoms with Gasteiger partial charge in [0.2, 0.25) is 0 Å². The van der Waals surface area contributed by atoms with Gasteiger partial charge in [0.25, 0.3) is 0 Å². The highest BCUT2D eigenvalue weighted by atomic mass is 16.5. The SMILES string of the molecule is CC(C)c1nn(C)cc1CNCCCOC1CCCCC1. The van der Waals surface area contributed by atoms with Crippen molar-refractivity contribution in [3.8, 4) is 0 Å². The summed E-state index contributed by atoms with van der Waals surface area (Å²) >= 11 is 0. The van der Waals surface area contributed by atoms with Crippen molar-refractivity contribution in [1.82, 2.24) is 15.1 Å². The van der Waals surface area contributed by atoms with Gasteiger partial charge in [-0.05, 0) is 31.7 Å². The zero-order chi connectivity index (χ0) is 15.1. The van der Waals surface area contributed by atoms with E-state index in [-0.39, 0.29) is 0 Å². The van der Waals surface area contributed by atoms with Crippen molar-refractivity contribution in [2.75, 3.05) is 13.2 Å². The first-order valence-corrected chi connectivity index (χ1v) is 8.51. The summed E-state index contributed by atoms with van der Waals surface area (Å²) in [7, 11) is 1.99. The summed E-state index contributed by atoms with van der Waals surface area (Å²) in [6.45, 7) is 7.21. The van der Waals surface area contributed by atoms with Crippen molar-refractivity contribution in [3.05, 3.63) is 17.5 Å². The van der Waals surface area contributed by atoms with Crippen LogP contribution in [0.25, 0.3) is 0 Å². The summed E-state index contributed by atoms with van der Waals surface area (Å²) in [5.74, 6) is 0.484. The van der Waals surface area contributed by atoms with E-state index in [1.165, 1.54) is 43.4 Å². The fourth-order valence-corrected chi connectivity index (χ4v) is 3.08. The molecular formula is C17H31N3O. The van der Waals surface area contributed by atoms with Crippen LogP contribution in [0, 0.1) is 0 Å². The van der Waals surface area contributed by atoms with Crippen LogP contribution in [0.5, 0.6) is 0 Å². The molecule has 0 aromatic carbocycles. The molecule has 0 atom stereocenters. The summed E-state index contributed by atoms with van der Waals surface area (Å²) in [5, 5.41) is 8.05. The van der Waals surface area contributed by atoms with Crippen molar-refractivity contribution >= 4 is 0 Å². The van der Waals surface area contributed by atoms with E-state index in [2.05, 4.69) is 30.5 Å². The van der Waals surface area contributed by atoms with E-state index in [0.717, 1.165) is 26.1 Å². The Labute approximate surface area is 129 Å². The molecule has 4 nitrogen and oxygen atoms in total. The summed E-state index contributed by atoms with van der Waals surface area (Å²) in [4.78, 5) is 0. The predicted molar refractivity (Wildman–Crippen MR) is 86.4 cm³/mol. The van der Waals surface area contributed by atoms with Crippen LogP contribution in [-0.2, 0) is 18.3 Å². The first-order chi connectivity index (χ1) is 10.2. The van der Waals surface area contributed by atoms with E-state index >= 15 is 0 Å². The summed E-state index contributed by atoms with van der Waals surface area (Å²) in [6, 6.07) is 0. The van der Waals surface area contributed by atoms with Gasteiger partial charge < -0.3 is 10.1 Å². The fraction of sp³-hybridized carbons (Fsp3) is 0.824. The Kier molecular flexibility index (Phi) is 6.71. The zero-order valence-corrected chi connectivity index (χ0v) is 13.9. The van der Waals surface area contributed by atoms with Gasteiger partial charge in [-0.15, -0.1) is 0 Å². The lowest BCUT2D eigenvalue weighted by atomic mass is 9.98. The second kappa shape index (κ2) is 8.54. The Morgan fingerprint density at radius 1 is 1.33 bits per heavy atom. The minimum Gasteiger partial charge on any atom is -0.378 e. The molecule has 0 bridgehead atoms. The third-order valence-electron chi connectivity index (χ3n) is 4.20. The van der Waals surface area contributed by atoms with Crippen LogP contribution in [0.15, 0.2) is 6.20 Å². The van der Waals surface area contributed by atoms with Gasteiger partial charge >= 0.3 is 0 Å². The van der Waals surface area contributed by atoms with Gasteiger partial charge in [-0.2, -0.15) is 5.10 Å². The molecule has 0 spiro atoms. The lowest BCUT2D eigenvalue weighted by Crippen LogP contribution is -2.21. The highest BCUT2D eigenvalue weighted by molar-refractivity contribution is 5.19. The molecule has 4 heteroatoms. The Balaban J connectivity index is 1.59. The van der Waals surface area contributed by atoms with Gasteiger partial charge in [0.15, 0.2) is 0 Å². The largest absolute Gasteiger partial charge is 0.378 e. The van der Waals surface area contributed by atoms with Crippen LogP contribution in [-0.4, -0.2) is 29.0 Å². The molecule has 2 rings (SSSR count). The molecule has 1 heterocycles. The number of ether oxygens (including phenoxy) is 1. The van der Waals surface area contributed by atoms with Crippen LogP contribution >= 0.6 is 0 Å². The number of aromatic nitrogens is 2. The fourth-order valence-electron chi connectivity index (χ4n) is 3.08. The van der Waals surface area contributed by atoms with Crippen molar-refractivity contribution in [3.63, 3.8) is 0 Å². The lowest BCUT2D eigenvalue weighted by molar-refractivity contribution is 0.0273. The molecule has 0 aliphatic heterocycles. The number of rotatable bonds is 8. The smallest absolute Gasteiger partial charge is 0.0694 e. The van der Waals surface area contributed by atoms with Crippen molar-refractivity contribution < 1.29 is 4.74 Å². The minimum absolute atomic E-state index is 0.484. The Bertz CT molecular complexity index is 408. The quantitative estimate of drug-likeness (QED) is 0.747. The molecule has 1 N–H and O–H groups in total. The molecule has 0 amide bonds. The molecule has 1 aromatic rings. The van der Waals surface area contributed by atoms with E-state index in [1.54, 1.807) is 0 Å². The van der Waals surface area contributed by atoms with Crippen molar-refractivity contribution in [2.45, 2.75) is 70.9 Å². The molecule has 0 radical (unpaired) electrons. The van der Waals surface area contributed by atoms with Crippen LogP contribution in [0.1, 0.15) is 69.5 Å². The average molecular weight is 293 g/mol. The number of nitrogens with one attached hydrogen (secondary N) is 1. The first kappa shape index (κ1) is 16.5. The maximum atomic E-state index is 5.94. The third kappa shape index (κ3) is 5.44. The van der Waals surface area contributed by atoms with Gasteiger partial charge in [-0.1, -0.05) is 33.1 Å².